The normalized spacial score (nSPS) is 23.6. The van der Waals surface area contributed by atoms with E-state index in [9.17, 15) is 4.79 Å². The lowest BCUT2D eigenvalue weighted by molar-refractivity contribution is -0.133. The number of nitrogens with zero attached hydrogens (tertiary/aromatic N) is 4. The summed E-state index contributed by atoms with van der Waals surface area (Å²) in [7, 11) is 0. The third-order valence-corrected chi connectivity index (χ3v) is 4.52. The van der Waals surface area contributed by atoms with Gasteiger partial charge in [0.05, 0.1) is 12.2 Å². The number of rotatable bonds is 4. The molecule has 3 rings (SSSR count). The molecule has 1 unspecified atom stereocenters. The van der Waals surface area contributed by atoms with Crippen molar-refractivity contribution in [1.29, 1.82) is 0 Å². The highest BCUT2D eigenvalue weighted by molar-refractivity contribution is 5.78. The van der Waals surface area contributed by atoms with Crippen molar-refractivity contribution >= 4 is 11.7 Å². The van der Waals surface area contributed by atoms with Crippen LogP contribution in [0, 0.1) is 11.8 Å². The molecule has 1 atom stereocenters. The van der Waals surface area contributed by atoms with Gasteiger partial charge in [-0.3, -0.25) is 9.78 Å². The van der Waals surface area contributed by atoms with Gasteiger partial charge in [0.25, 0.3) is 0 Å². The van der Waals surface area contributed by atoms with Crippen LogP contribution >= 0.6 is 0 Å². The monoisotopic (exact) mass is 288 g/mol. The van der Waals surface area contributed by atoms with E-state index in [1.165, 1.54) is 12.8 Å². The van der Waals surface area contributed by atoms with Crippen LogP contribution in [-0.4, -0.2) is 46.5 Å². The maximum atomic E-state index is 12.5. The molecule has 1 saturated heterocycles. The van der Waals surface area contributed by atoms with Gasteiger partial charge in [0.1, 0.15) is 5.82 Å². The van der Waals surface area contributed by atoms with Crippen molar-refractivity contribution < 1.29 is 4.79 Å². The maximum Gasteiger partial charge on any atom is 0.224 e. The van der Waals surface area contributed by atoms with Crippen LogP contribution in [-0.2, 0) is 4.79 Å². The molecule has 0 N–H and O–H groups in total. The summed E-state index contributed by atoms with van der Waals surface area (Å²) in [6.07, 6.45) is 8.33. The van der Waals surface area contributed by atoms with Gasteiger partial charge in [0.2, 0.25) is 5.91 Å². The van der Waals surface area contributed by atoms with Crippen molar-refractivity contribution in [3.05, 3.63) is 18.6 Å². The zero-order chi connectivity index (χ0) is 14.8. The number of carbonyl (C=O) groups is 1. The van der Waals surface area contributed by atoms with Gasteiger partial charge in [-0.1, -0.05) is 13.8 Å². The first-order valence-electron chi connectivity index (χ1n) is 7.95. The van der Waals surface area contributed by atoms with Crippen LogP contribution in [0.15, 0.2) is 18.6 Å². The van der Waals surface area contributed by atoms with E-state index in [1.54, 1.807) is 18.6 Å². The minimum atomic E-state index is 0.266. The fourth-order valence-corrected chi connectivity index (χ4v) is 3.02. The van der Waals surface area contributed by atoms with E-state index in [4.69, 9.17) is 0 Å². The van der Waals surface area contributed by atoms with Gasteiger partial charge in [0.15, 0.2) is 0 Å². The van der Waals surface area contributed by atoms with E-state index < -0.39 is 0 Å². The second-order valence-electron chi connectivity index (χ2n) is 6.56. The first-order chi connectivity index (χ1) is 10.1. The Balaban J connectivity index is 1.80. The van der Waals surface area contributed by atoms with Crippen LogP contribution in [0.5, 0.6) is 0 Å². The Morgan fingerprint density at radius 2 is 2.14 bits per heavy atom. The topological polar surface area (TPSA) is 49.3 Å². The van der Waals surface area contributed by atoms with Crippen LogP contribution in [0.25, 0.3) is 0 Å². The van der Waals surface area contributed by atoms with E-state index in [0.29, 0.717) is 18.2 Å². The fourth-order valence-electron chi connectivity index (χ4n) is 3.02. The molecule has 0 radical (unpaired) electrons. The van der Waals surface area contributed by atoms with Gasteiger partial charge in [-0.05, 0) is 24.7 Å². The molecule has 1 saturated carbocycles. The Morgan fingerprint density at radius 3 is 2.76 bits per heavy atom. The van der Waals surface area contributed by atoms with Crippen molar-refractivity contribution in [2.75, 3.05) is 24.5 Å². The smallest absolute Gasteiger partial charge is 0.224 e. The molecule has 5 heteroatoms. The second-order valence-corrected chi connectivity index (χ2v) is 6.56. The molecule has 0 spiro atoms. The summed E-state index contributed by atoms with van der Waals surface area (Å²) in [6, 6.07) is 0.266. The molecule has 1 aliphatic heterocycles. The first-order valence-corrected chi connectivity index (χ1v) is 7.95. The molecule has 21 heavy (non-hydrogen) atoms. The van der Waals surface area contributed by atoms with Crippen molar-refractivity contribution in [3.8, 4) is 0 Å². The quantitative estimate of drug-likeness (QED) is 0.849. The molecule has 1 aliphatic carbocycles. The van der Waals surface area contributed by atoms with E-state index in [0.717, 1.165) is 31.4 Å². The van der Waals surface area contributed by atoms with Crippen LogP contribution < -0.4 is 4.90 Å². The molecule has 114 valence electrons. The zero-order valence-corrected chi connectivity index (χ0v) is 12.9. The van der Waals surface area contributed by atoms with Gasteiger partial charge in [-0.15, -0.1) is 0 Å². The molecule has 1 aromatic heterocycles. The Labute approximate surface area is 126 Å². The minimum absolute atomic E-state index is 0.266. The van der Waals surface area contributed by atoms with Crippen molar-refractivity contribution in [3.63, 3.8) is 0 Å². The van der Waals surface area contributed by atoms with Crippen molar-refractivity contribution in [2.24, 2.45) is 11.8 Å². The maximum absolute atomic E-state index is 12.5. The Kier molecular flexibility index (Phi) is 4.08. The molecule has 2 aliphatic rings. The third-order valence-electron chi connectivity index (χ3n) is 4.52. The average Bonchev–Trinajstić information content (AvgIpc) is 3.30. The standard InChI is InChI=1S/C16H24N4O/c1-12(2)14-11-19(15-9-17-6-7-18-15)8-5-16(21)20(14)10-13-3-4-13/h6-7,9,12-14H,3-5,8,10-11H2,1-2H3. The fraction of sp³-hybridized carbons (Fsp3) is 0.688. The van der Waals surface area contributed by atoms with Gasteiger partial charge >= 0.3 is 0 Å². The zero-order valence-electron chi connectivity index (χ0n) is 12.9. The summed E-state index contributed by atoms with van der Waals surface area (Å²) in [6.45, 7) is 6.95. The largest absolute Gasteiger partial charge is 0.353 e. The highest BCUT2D eigenvalue weighted by Gasteiger charge is 2.35. The minimum Gasteiger partial charge on any atom is -0.353 e. The van der Waals surface area contributed by atoms with E-state index in [-0.39, 0.29) is 6.04 Å². The number of hydrogen-bond acceptors (Lipinski definition) is 4. The molecule has 1 amide bonds. The number of carbonyl (C=O) groups excluding carboxylic acids is 1. The molecule has 0 bridgehead atoms. The molecule has 2 fully saturated rings. The van der Waals surface area contributed by atoms with Crippen LogP contribution in [0.1, 0.15) is 33.1 Å². The van der Waals surface area contributed by atoms with E-state index in [1.807, 2.05) is 0 Å². The lowest BCUT2D eigenvalue weighted by Gasteiger charge is -2.35. The summed E-state index contributed by atoms with van der Waals surface area (Å²) in [5.74, 6) is 2.36. The number of aromatic nitrogens is 2. The highest BCUT2D eigenvalue weighted by Crippen LogP contribution is 2.32. The second kappa shape index (κ2) is 6.00. The summed E-state index contributed by atoms with van der Waals surface area (Å²) >= 11 is 0. The first kappa shape index (κ1) is 14.3. The predicted molar refractivity (Wildman–Crippen MR) is 81.9 cm³/mol. The van der Waals surface area contributed by atoms with Gasteiger partial charge < -0.3 is 9.80 Å². The number of amides is 1. The Bertz CT molecular complexity index is 486. The van der Waals surface area contributed by atoms with Gasteiger partial charge in [-0.2, -0.15) is 0 Å². The number of anilines is 1. The third kappa shape index (κ3) is 3.34. The lowest BCUT2D eigenvalue weighted by atomic mass is 10.0. The molecular formula is C16H24N4O. The van der Waals surface area contributed by atoms with Crippen LogP contribution in [0.3, 0.4) is 0 Å². The lowest BCUT2D eigenvalue weighted by Crippen LogP contribution is -2.47. The summed E-state index contributed by atoms with van der Waals surface area (Å²) in [5, 5.41) is 0. The summed E-state index contributed by atoms with van der Waals surface area (Å²) < 4.78 is 0. The number of hydrogen-bond donors (Lipinski definition) is 0. The van der Waals surface area contributed by atoms with E-state index in [2.05, 4.69) is 33.6 Å². The Morgan fingerprint density at radius 1 is 1.33 bits per heavy atom. The van der Waals surface area contributed by atoms with Crippen molar-refractivity contribution in [1.82, 2.24) is 14.9 Å². The SMILES string of the molecule is CC(C)C1CN(c2cnccn2)CCC(=O)N1CC1CC1. The van der Waals surface area contributed by atoms with Crippen molar-refractivity contribution in [2.45, 2.75) is 39.2 Å². The molecule has 2 heterocycles. The average molecular weight is 288 g/mol. The molecular weight excluding hydrogens is 264 g/mol. The van der Waals surface area contributed by atoms with E-state index >= 15 is 0 Å². The van der Waals surface area contributed by atoms with Gasteiger partial charge in [0, 0.05) is 38.4 Å². The molecule has 5 nitrogen and oxygen atoms in total. The summed E-state index contributed by atoms with van der Waals surface area (Å²) in [5.41, 5.74) is 0. The summed E-state index contributed by atoms with van der Waals surface area (Å²) in [4.78, 5) is 25.4. The highest BCUT2D eigenvalue weighted by atomic mass is 16.2. The van der Waals surface area contributed by atoms with Crippen LogP contribution in [0.2, 0.25) is 0 Å². The Hall–Kier alpha value is -1.65. The predicted octanol–water partition coefficient (Wildman–Crippen LogP) is 1.95. The molecule has 1 aromatic rings. The molecule has 0 aromatic carbocycles. The van der Waals surface area contributed by atoms with Gasteiger partial charge in [-0.25, -0.2) is 4.98 Å². The van der Waals surface area contributed by atoms with Crippen LogP contribution in [0.4, 0.5) is 5.82 Å².